The number of hydrogen-bond donors (Lipinski definition) is 2. The normalized spacial score (nSPS) is 12.7. The SMILES string of the molecule is CCOCCCC(NC(=O)OC(C)(C)C)c1cccc(N)c1. The number of anilines is 1. The average molecular weight is 308 g/mol. The highest BCUT2D eigenvalue weighted by molar-refractivity contribution is 5.68. The molecular weight excluding hydrogens is 280 g/mol. The number of benzene rings is 1. The van der Waals surface area contributed by atoms with Gasteiger partial charge in [-0.15, -0.1) is 0 Å². The van der Waals surface area contributed by atoms with Crippen LogP contribution in [0, 0.1) is 0 Å². The smallest absolute Gasteiger partial charge is 0.408 e. The van der Waals surface area contributed by atoms with Crippen molar-refractivity contribution in [2.24, 2.45) is 0 Å². The van der Waals surface area contributed by atoms with Gasteiger partial charge in [0.15, 0.2) is 0 Å². The molecule has 5 heteroatoms. The molecule has 1 atom stereocenters. The Morgan fingerprint density at radius 3 is 2.68 bits per heavy atom. The Bertz CT molecular complexity index is 469. The second-order valence-corrected chi connectivity index (χ2v) is 6.21. The van der Waals surface area contributed by atoms with Crippen molar-refractivity contribution in [3.05, 3.63) is 29.8 Å². The molecule has 1 rings (SSSR count). The standard InChI is InChI=1S/C17H28N2O3/c1-5-21-11-7-10-15(13-8-6-9-14(18)12-13)19-16(20)22-17(2,3)4/h6,8-9,12,15H,5,7,10-11,18H2,1-4H3,(H,19,20). The van der Waals surface area contributed by atoms with E-state index in [1.54, 1.807) is 0 Å². The van der Waals surface area contributed by atoms with Gasteiger partial charge in [0.25, 0.3) is 0 Å². The molecule has 1 aromatic carbocycles. The predicted molar refractivity (Wildman–Crippen MR) is 88.7 cm³/mol. The van der Waals surface area contributed by atoms with E-state index in [1.807, 2.05) is 52.0 Å². The number of carbonyl (C=O) groups is 1. The number of nitrogen functional groups attached to an aromatic ring is 1. The lowest BCUT2D eigenvalue weighted by Gasteiger charge is -2.24. The van der Waals surface area contributed by atoms with Crippen LogP contribution in [0.3, 0.4) is 0 Å². The minimum absolute atomic E-state index is 0.140. The predicted octanol–water partition coefficient (Wildman–Crippen LogP) is 3.65. The fraction of sp³-hybridized carbons (Fsp3) is 0.588. The maximum absolute atomic E-state index is 12.0. The average Bonchev–Trinajstić information content (AvgIpc) is 2.40. The van der Waals surface area contributed by atoms with Gasteiger partial charge in [0, 0.05) is 18.9 Å². The van der Waals surface area contributed by atoms with Gasteiger partial charge in [0.05, 0.1) is 6.04 Å². The molecule has 22 heavy (non-hydrogen) atoms. The molecule has 1 aromatic rings. The summed E-state index contributed by atoms with van der Waals surface area (Å²) in [5.74, 6) is 0. The third-order valence-corrected chi connectivity index (χ3v) is 2.99. The van der Waals surface area contributed by atoms with Crippen LogP contribution >= 0.6 is 0 Å². The molecule has 0 bridgehead atoms. The van der Waals surface area contributed by atoms with Crippen molar-refractivity contribution in [2.45, 2.75) is 52.2 Å². The van der Waals surface area contributed by atoms with Crippen LogP contribution in [-0.4, -0.2) is 24.9 Å². The van der Waals surface area contributed by atoms with E-state index in [2.05, 4.69) is 5.32 Å². The summed E-state index contributed by atoms with van der Waals surface area (Å²) in [5, 5.41) is 2.92. The molecule has 0 saturated heterocycles. The van der Waals surface area contributed by atoms with Gasteiger partial charge in [0.2, 0.25) is 0 Å². The van der Waals surface area contributed by atoms with Gasteiger partial charge in [0.1, 0.15) is 5.60 Å². The van der Waals surface area contributed by atoms with Crippen LogP contribution in [-0.2, 0) is 9.47 Å². The van der Waals surface area contributed by atoms with Crippen molar-refractivity contribution in [1.82, 2.24) is 5.32 Å². The topological polar surface area (TPSA) is 73.6 Å². The zero-order chi connectivity index (χ0) is 16.6. The maximum Gasteiger partial charge on any atom is 0.408 e. The molecular formula is C17H28N2O3. The number of nitrogens with one attached hydrogen (secondary N) is 1. The van der Waals surface area contributed by atoms with Gasteiger partial charge in [-0.2, -0.15) is 0 Å². The van der Waals surface area contributed by atoms with Gasteiger partial charge in [-0.25, -0.2) is 4.79 Å². The molecule has 0 aliphatic heterocycles. The van der Waals surface area contributed by atoms with E-state index in [4.69, 9.17) is 15.2 Å². The molecule has 1 unspecified atom stereocenters. The number of rotatable bonds is 7. The molecule has 124 valence electrons. The Kier molecular flexibility index (Phi) is 7.18. The van der Waals surface area contributed by atoms with Crippen molar-refractivity contribution in [1.29, 1.82) is 0 Å². The lowest BCUT2D eigenvalue weighted by molar-refractivity contribution is 0.0496. The lowest BCUT2D eigenvalue weighted by Crippen LogP contribution is -2.35. The summed E-state index contributed by atoms with van der Waals surface area (Å²) in [6.07, 6.45) is 1.20. The summed E-state index contributed by atoms with van der Waals surface area (Å²) in [6.45, 7) is 8.87. The molecule has 0 aliphatic carbocycles. The largest absolute Gasteiger partial charge is 0.444 e. The van der Waals surface area contributed by atoms with Crippen molar-refractivity contribution in [3.8, 4) is 0 Å². The zero-order valence-electron chi connectivity index (χ0n) is 14.0. The van der Waals surface area contributed by atoms with E-state index < -0.39 is 11.7 Å². The summed E-state index contributed by atoms with van der Waals surface area (Å²) < 4.78 is 10.7. The molecule has 5 nitrogen and oxygen atoms in total. The molecule has 0 aliphatic rings. The van der Waals surface area contributed by atoms with Gasteiger partial charge >= 0.3 is 6.09 Å². The first-order valence-electron chi connectivity index (χ1n) is 7.74. The van der Waals surface area contributed by atoms with Crippen LogP contribution in [0.4, 0.5) is 10.5 Å². The van der Waals surface area contributed by atoms with Gasteiger partial charge in [-0.3, -0.25) is 0 Å². The van der Waals surface area contributed by atoms with Crippen LogP contribution < -0.4 is 11.1 Å². The van der Waals surface area contributed by atoms with Crippen LogP contribution in [0.25, 0.3) is 0 Å². The zero-order valence-corrected chi connectivity index (χ0v) is 14.0. The monoisotopic (exact) mass is 308 g/mol. The van der Waals surface area contributed by atoms with Gasteiger partial charge < -0.3 is 20.5 Å². The molecule has 0 fully saturated rings. The number of alkyl carbamates (subject to hydrolysis) is 1. The molecule has 3 N–H and O–H groups in total. The van der Waals surface area contributed by atoms with E-state index in [9.17, 15) is 4.79 Å². The van der Waals surface area contributed by atoms with E-state index in [1.165, 1.54) is 0 Å². The van der Waals surface area contributed by atoms with Gasteiger partial charge in [-0.05, 0) is 58.2 Å². The molecule has 1 amide bonds. The van der Waals surface area contributed by atoms with Crippen LogP contribution in [0.15, 0.2) is 24.3 Å². The van der Waals surface area contributed by atoms with Crippen LogP contribution in [0.5, 0.6) is 0 Å². The molecule has 0 spiro atoms. The Morgan fingerprint density at radius 1 is 1.36 bits per heavy atom. The summed E-state index contributed by atoms with van der Waals surface area (Å²) in [5.41, 5.74) is 6.97. The Hall–Kier alpha value is -1.75. The third kappa shape index (κ3) is 7.31. The van der Waals surface area contributed by atoms with E-state index in [0.717, 1.165) is 18.4 Å². The summed E-state index contributed by atoms with van der Waals surface area (Å²) in [7, 11) is 0. The molecule has 0 radical (unpaired) electrons. The highest BCUT2D eigenvalue weighted by atomic mass is 16.6. The first-order valence-corrected chi connectivity index (χ1v) is 7.74. The van der Waals surface area contributed by atoms with E-state index >= 15 is 0 Å². The number of amides is 1. The number of carbonyl (C=O) groups excluding carboxylic acids is 1. The van der Waals surface area contributed by atoms with Crippen LogP contribution in [0.1, 0.15) is 52.1 Å². The Balaban J connectivity index is 2.71. The number of ether oxygens (including phenoxy) is 2. The van der Waals surface area contributed by atoms with Crippen molar-refractivity contribution < 1.29 is 14.3 Å². The van der Waals surface area contributed by atoms with E-state index in [0.29, 0.717) is 18.9 Å². The Labute approximate surface area is 133 Å². The third-order valence-electron chi connectivity index (χ3n) is 2.99. The minimum Gasteiger partial charge on any atom is -0.444 e. The molecule has 0 saturated carbocycles. The summed E-state index contributed by atoms with van der Waals surface area (Å²) in [6, 6.07) is 7.41. The maximum atomic E-state index is 12.0. The fourth-order valence-electron chi connectivity index (χ4n) is 2.08. The number of hydrogen-bond acceptors (Lipinski definition) is 4. The minimum atomic E-state index is -0.518. The molecule has 0 aromatic heterocycles. The Morgan fingerprint density at radius 2 is 2.09 bits per heavy atom. The first kappa shape index (κ1) is 18.3. The quantitative estimate of drug-likeness (QED) is 0.595. The lowest BCUT2D eigenvalue weighted by atomic mass is 10.0. The highest BCUT2D eigenvalue weighted by Crippen LogP contribution is 2.21. The summed E-state index contributed by atoms with van der Waals surface area (Å²) in [4.78, 5) is 12.0. The van der Waals surface area contributed by atoms with Crippen molar-refractivity contribution >= 4 is 11.8 Å². The highest BCUT2D eigenvalue weighted by Gasteiger charge is 2.20. The fourth-order valence-corrected chi connectivity index (χ4v) is 2.08. The second kappa shape index (κ2) is 8.63. The van der Waals surface area contributed by atoms with Crippen LogP contribution in [0.2, 0.25) is 0 Å². The van der Waals surface area contributed by atoms with E-state index in [-0.39, 0.29) is 6.04 Å². The first-order chi connectivity index (χ1) is 10.3. The van der Waals surface area contributed by atoms with Crippen molar-refractivity contribution in [2.75, 3.05) is 18.9 Å². The van der Waals surface area contributed by atoms with Gasteiger partial charge in [-0.1, -0.05) is 12.1 Å². The second-order valence-electron chi connectivity index (χ2n) is 6.21. The number of nitrogens with two attached hydrogens (primary N) is 1. The van der Waals surface area contributed by atoms with Crippen molar-refractivity contribution in [3.63, 3.8) is 0 Å². The molecule has 0 heterocycles. The summed E-state index contributed by atoms with van der Waals surface area (Å²) >= 11 is 0.